The lowest BCUT2D eigenvalue weighted by Crippen LogP contribution is -2.68. The summed E-state index contributed by atoms with van der Waals surface area (Å²) in [6.07, 6.45) is 9.27. The van der Waals surface area contributed by atoms with Crippen LogP contribution in [0.2, 0.25) is 0 Å². The molecule has 0 aromatic carbocycles. The number of carboxylic acid groups (broad SMARTS) is 1. The third-order valence-electron chi connectivity index (χ3n) is 14.1. The zero-order valence-electron chi connectivity index (χ0n) is 22.7. The molecule has 11 unspecified atom stereocenters. The normalized spacial score (nSPS) is 59.3. The van der Waals surface area contributed by atoms with Gasteiger partial charge in [-0.2, -0.15) is 0 Å². The van der Waals surface area contributed by atoms with E-state index in [0.717, 1.165) is 38.5 Å². The van der Waals surface area contributed by atoms with Gasteiger partial charge in [0.25, 0.3) is 0 Å². The first kappa shape index (κ1) is 24.8. The monoisotopic (exact) mass is 472 g/mol. The number of carboxylic acids is 1. The van der Waals surface area contributed by atoms with Crippen molar-refractivity contribution in [3.05, 3.63) is 0 Å². The Morgan fingerprint density at radius 3 is 2.03 bits per heavy atom. The third-order valence-corrected chi connectivity index (χ3v) is 14.1. The van der Waals surface area contributed by atoms with Crippen molar-refractivity contribution in [1.82, 2.24) is 0 Å². The SMILES string of the molecule is CC1C(O)C(=O)CC2C1(C)CCC1C2(C)CCC2(C)C3CC(C)(C(=O)O)CCC3(C)CCC12C. The van der Waals surface area contributed by atoms with Gasteiger partial charge >= 0.3 is 5.97 Å². The van der Waals surface area contributed by atoms with Gasteiger partial charge in [0, 0.05) is 6.42 Å². The second-order valence-electron chi connectivity index (χ2n) is 15.2. The molecule has 0 bridgehead atoms. The van der Waals surface area contributed by atoms with Crippen LogP contribution in [0.15, 0.2) is 0 Å². The summed E-state index contributed by atoms with van der Waals surface area (Å²) in [5, 5.41) is 20.8. The lowest BCUT2D eigenvalue weighted by atomic mass is 9.30. The fourth-order valence-electron chi connectivity index (χ4n) is 11.1. The number of fused-ring (bicyclic) bond motifs is 7. The second kappa shape index (κ2) is 7.11. The average molecular weight is 473 g/mol. The summed E-state index contributed by atoms with van der Waals surface area (Å²) < 4.78 is 0. The largest absolute Gasteiger partial charge is 0.481 e. The highest BCUT2D eigenvalue weighted by Gasteiger charge is 2.71. The summed E-state index contributed by atoms with van der Waals surface area (Å²) in [5.41, 5.74) is 0.0180. The summed E-state index contributed by atoms with van der Waals surface area (Å²) in [6.45, 7) is 16.5. The van der Waals surface area contributed by atoms with Crippen molar-refractivity contribution in [2.45, 2.75) is 119 Å². The van der Waals surface area contributed by atoms with Crippen molar-refractivity contribution in [2.75, 3.05) is 0 Å². The van der Waals surface area contributed by atoms with Gasteiger partial charge in [0.1, 0.15) is 6.10 Å². The van der Waals surface area contributed by atoms with E-state index in [2.05, 4.69) is 41.5 Å². The molecule has 5 saturated carbocycles. The van der Waals surface area contributed by atoms with Gasteiger partial charge in [0.2, 0.25) is 0 Å². The molecule has 11 atom stereocenters. The fourth-order valence-corrected chi connectivity index (χ4v) is 11.1. The molecule has 0 aromatic rings. The molecule has 34 heavy (non-hydrogen) atoms. The summed E-state index contributed by atoms with van der Waals surface area (Å²) in [7, 11) is 0. The van der Waals surface area contributed by atoms with Crippen LogP contribution in [0.3, 0.4) is 0 Å². The lowest BCUT2D eigenvalue weighted by Gasteiger charge is -2.74. The van der Waals surface area contributed by atoms with E-state index >= 15 is 0 Å². The number of aliphatic carboxylic acids is 1. The maximum absolute atomic E-state index is 12.9. The maximum atomic E-state index is 12.9. The van der Waals surface area contributed by atoms with Gasteiger partial charge in [-0.25, -0.2) is 0 Å². The van der Waals surface area contributed by atoms with Gasteiger partial charge in [-0.15, -0.1) is 0 Å². The van der Waals surface area contributed by atoms with Gasteiger partial charge in [-0.3, -0.25) is 9.59 Å². The van der Waals surface area contributed by atoms with Crippen LogP contribution >= 0.6 is 0 Å². The van der Waals surface area contributed by atoms with E-state index < -0.39 is 17.5 Å². The van der Waals surface area contributed by atoms with Crippen molar-refractivity contribution >= 4 is 11.8 Å². The van der Waals surface area contributed by atoms with Crippen LogP contribution in [0.5, 0.6) is 0 Å². The minimum Gasteiger partial charge on any atom is -0.481 e. The Morgan fingerprint density at radius 1 is 0.794 bits per heavy atom. The molecule has 5 fully saturated rings. The molecular formula is C30H48O4. The molecule has 0 spiro atoms. The Hall–Kier alpha value is -0.900. The molecule has 0 aromatic heterocycles. The van der Waals surface area contributed by atoms with E-state index in [-0.39, 0.29) is 38.8 Å². The Bertz CT molecular complexity index is 913. The number of aliphatic hydroxyl groups excluding tert-OH is 1. The van der Waals surface area contributed by atoms with Crippen LogP contribution < -0.4 is 0 Å². The van der Waals surface area contributed by atoms with E-state index in [4.69, 9.17) is 0 Å². The third kappa shape index (κ3) is 2.81. The van der Waals surface area contributed by atoms with Crippen molar-refractivity contribution in [2.24, 2.45) is 56.2 Å². The number of hydrogen-bond acceptors (Lipinski definition) is 3. The number of carbonyl (C=O) groups excluding carboxylic acids is 1. The molecule has 4 heteroatoms. The minimum absolute atomic E-state index is 0.0125. The van der Waals surface area contributed by atoms with Crippen molar-refractivity contribution < 1.29 is 19.8 Å². The number of aliphatic hydroxyl groups is 1. The minimum atomic E-state index is -0.808. The van der Waals surface area contributed by atoms with Crippen LogP contribution in [-0.2, 0) is 9.59 Å². The molecular weight excluding hydrogens is 424 g/mol. The van der Waals surface area contributed by atoms with Crippen LogP contribution in [0.25, 0.3) is 0 Å². The van der Waals surface area contributed by atoms with Gasteiger partial charge in [-0.1, -0.05) is 41.5 Å². The average Bonchev–Trinajstić information content (AvgIpc) is 2.77. The van der Waals surface area contributed by atoms with Crippen LogP contribution in [0.1, 0.15) is 113 Å². The molecule has 0 amide bonds. The number of carbonyl (C=O) groups is 2. The van der Waals surface area contributed by atoms with E-state index in [1.807, 2.05) is 6.92 Å². The van der Waals surface area contributed by atoms with Gasteiger partial charge in [-0.05, 0) is 115 Å². The number of hydrogen-bond donors (Lipinski definition) is 2. The number of Topliss-reactive ketones (excluding diaryl/α,β-unsaturated/α-hetero) is 1. The predicted octanol–water partition coefficient (Wildman–Crippen LogP) is 6.49. The molecule has 0 radical (unpaired) electrons. The molecule has 192 valence electrons. The van der Waals surface area contributed by atoms with E-state index in [9.17, 15) is 19.8 Å². The molecule has 5 rings (SSSR count). The predicted molar refractivity (Wildman–Crippen MR) is 133 cm³/mol. The molecule has 0 aliphatic heterocycles. The first-order valence-electron chi connectivity index (χ1n) is 14.0. The highest BCUT2D eigenvalue weighted by molar-refractivity contribution is 5.84. The Balaban J connectivity index is 1.55. The Kier molecular flexibility index (Phi) is 5.18. The summed E-state index contributed by atoms with van der Waals surface area (Å²) in [5.74, 6) is 0.760. The quantitative estimate of drug-likeness (QED) is 0.457. The second-order valence-corrected chi connectivity index (χ2v) is 15.2. The Morgan fingerprint density at radius 2 is 1.38 bits per heavy atom. The summed E-state index contributed by atoms with van der Waals surface area (Å²) >= 11 is 0. The molecule has 4 nitrogen and oxygen atoms in total. The summed E-state index contributed by atoms with van der Waals surface area (Å²) in [4.78, 5) is 25.2. The molecule has 5 aliphatic carbocycles. The number of rotatable bonds is 1. The smallest absolute Gasteiger partial charge is 0.309 e. The highest BCUT2D eigenvalue weighted by atomic mass is 16.4. The summed E-state index contributed by atoms with van der Waals surface area (Å²) in [6, 6.07) is 0. The highest BCUT2D eigenvalue weighted by Crippen LogP contribution is 2.78. The van der Waals surface area contributed by atoms with Gasteiger partial charge < -0.3 is 10.2 Å². The lowest BCUT2D eigenvalue weighted by molar-refractivity contribution is -0.260. The maximum Gasteiger partial charge on any atom is 0.309 e. The van der Waals surface area contributed by atoms with E-state index in [1.54, 1.807) is 0 Å². The molecule has 0 saturated heterocycles. The number of ketones is 1. The molecule has 0 heterocycles. The van der Waals surface area contributed by atoms with Crippen LogP contribution in [0.4, 0.5) is 0 Å². The molecule has 5 aliphatic rings. The first-order chi connectivity index (χ1) is 15.6. The van der Waals surface area contributed by atoms with Crippen molar-refractivity contribution in [3.8, 4) is 0 Å². The van der Waals surface area contributed by atoms with Crippen molar-refractivity contribution in [1.29, 1.82) is 0 Å². The first-order valence-corrected chi connectivity index (χ1v) is 14.0. The van der Waals surface area contributed by atoms with Crippen LogP contribution in [0, 0.1) is 56.2 Å². The topological polar surface area (TPSA) is 74.6 Å². The zero-order valence-corrected chi connectivity index (χ0v) is 22.7. The van der Waals surface area contributed by atoms with E-state index in [1.165, 1.54) is 19.3 Å². The van der Waals surface area contributed by atoms with Gasteiger partial charge in [0.05, 0.1) is 5.41 Å². The van der Waals surface area contributed by atoms with Crippen molar-refractivity contribution in [3.63, 3.8) is 0 Å². The fraction of sp³-hybridized carbons (Fsp3) is 0.933. The Labute approximate surface area is 206 Å². The van der Waals surface area contributed by atoms with Gasteiger partial charge in [0.15, 0.2) is 5.78 Å². The van der Waals surface area contributed by atoms with E-state index in [0.29, 0.717) is 24.2 Å². The standard InChI is InChI=1S/C30H48O4/c1-18-23(32)19(31)16-21-27(18,4)9-8-20-28(21,5)13-15-30(7)22-17-26(3,24(33)34)11-10-25(22,2)12-14-29(20,30)6/h18,20-23,32H,8-17H2,1-7H3,(H,33,34). The van der Waals surface area contributed by atoms with Crippen LogP contribution in [-0.4, -0.2) is 28.1 Å². The molecule has 2 N–H and O–H groups in total. The zero-order chi connectivity index (χ0) is 25.1.